The van der Waals surface area contributed by atoms with Gasteiger partial charge in [0.1, 0.15) is 0 Å². The Balaban J connectivity index is 2.03. The van der Waals surface area contributed by atoms with E-state index in [9.17, 15) is 5.11 Å². The average Bonchev–Trinajstić information content (AvgIpc) is 2.87. The molecule has 2 rings (SSSR count). The third-order valence-corrected chi connectivity index (χ3v) is 3.69. The molecule has 1 heterocycles. The van der Waals surface area contributed by atoms with Crippen molar-refractivity contribution in [3.8, 4) is 0 Å². The van der Waals surface area contributed by atoms with Crippen LogP contribution < -0.4 is 0 Å². The molecule has 0 saturated carbocycles. The highest BCUT2D eigenvalue weighted by Gasteiger charge is 2.16. The maximum Gasteiger partial charge on any atom is 0.240 e. The van der Waals surface area contributed by atoms with E-state index in [2.05, 4.69) is 47.9 Å². The summed E-state index contributed by atoms with van der Waals surface area (Å²) in [5, 5.41) is 13.6. The summed E-state index contributed by atoms with van der Waals surface area (Å²) in [5.41, 5.74) is 2.44. The molecule has 1 unspecified atom stereocenters. The van der Waals surface area contributed by atoms with Crippen LogP contribution in [0.2, 0.25) is 0 Å². The molecule has 0 fully saturated rings. The molecule has 0 amide bonds. The zero-order valence-corrected chi connectivity index (χ0v) is 13.8. The second kappa shape index (κ2) is 7.51. The first-order valence-corrected chi connectivity index (χ1v) is 7.73. The Hall–Kier alpha value is -1.72. The molecular formula is C17H25N3O2. The van der Waals surface area contributed by atoms with Crippen molar-refractivity contribution in [2.75, 3.05) is 6.54 Å². The van der Waals surface area contributed by atoms with E-state index in [-0.39, 0.29) is 6.10 Å². The monoisotopic (exact) mass is 303 g/mol. The first-order valence-electron chi connectivity index (χ1n) is 7.73. The molecule has 1 atom stereocenters. The van der Waals surface area contributed by atoms with Crippen LogP contribution in [0.5, 0.6) is 0 Å². The van der Waals surface area contributed by atoms with E-state index in [0.29, 0.717) is 37.3 Å². The Morgan fingerprint density at radius 2 is 1.95 bits per heavy atom. The number of aryl methyl sites for hydroxylation is 1. The molecule has 5 nitrogen and oxygen atoms in total. The van der Waals surface area contributed by atoms with E-state index in [4.69, 9.17) is 4.52 Å². The van der Waals surface area contributed by atoms with E-state index >= 15 is 0 Å². The quantitative estimate of drug-likeness (QED) is 0.851. The topological polar surface area (TPSA) is 62.4 Å². The van der Waals surface area contributed by atoms with Crippen molar-refractivity contribution >= 4 is 0 Å². The van der Waals surface area contributed by atoms with Gasteiger partial charge in [0, 0.05) is 19.0 Å². The van der Waals surface area contributed by atoms with Crippen LogP contribution in [0.25, 0.3) is 0 Å². The van der Waals surface area contributed by atoms with Gasteiger partial charge in [0.15, 0.2) is 5.82 Å². The van der Waals surface area contributed by atoms with Crippen LogP contribution in [0.15, 0.2) is 28.8 Å². The lowest BCUT2D eigenvalue weighted by Crippen LogP contribution is -2.36. The standard InChI is InChI=1S/C17H25N3O2/c1-12(2)20(10-14(4)21)11-17-18-16(19-22-17)9-15-8-6-5-7-13(15)3/h5-8,12,14,21H,9-11H2,1-4H3. The summed E-state index contributed by atoms with van der Waals surface area (Å²) in [6.45, 7) is 9.20. The van der Waals surface area contributed by atoms with Crippen molar-refractivity contribution < 1.29 is 9.63 Å². The van der Waals surface area contributed by atoms with Crippen molar-refractivity contribution in [3.05, 3.63) is 47.1 Å². The number of nitrogens with zero attached hydrogens (tertiary/aromatic N) is 3. The molecule has 0 spiro atoms. The third kappa shape index (κ3) is 4.64. The van der Waals surface area contributed by atoms with Gasteiger partial charge in [0.25, 0.3) is 0 Å². The minimum atomic E-state index is -0.378. The predicted molar refractivity (Wildman–Crippen MR) is 85.5 cm³/mol. The fourth-order valence-corrected chi connectivity index (χ4v) is 2.38. The molecule has 2 aromatic rings. The zero-order chi connectivity index (χ0) is 16.1. The average molecular weight is 303 g/mol. The number of aromatic nitrogens is 2. The summed E-state index contributed by atoms with van der Waals surface area (Å²) >= 11 is 0. The van der Waals surface area contributed by atoms with Crippen molar-refractivity contribution in [1.29, 1.82) is 0 Å². The van der Waals surface area contributed by atoms with E-state index in [1.165, 1.54) is 11.1 Å². The van der Waals surface area contributed by atoms with Crippen molar-refractivity contribution in [2.45, 2.75) is 52.8 Å². The van der Waals surface area contributed by atoms with Gasteiger partial charge < -0.3 is 9.63 Å². The highest BCUT2D eigenvalue weighted by molar-refractivity contribution is 5.27. The van der Waals surface area contributed by atoms with Crippen LogP contribution >= 0.6 is 0 Å². The van der Waals surface area contributed by atoms with Gasteiger partial charge in [0.05, 0.1) is 12.6 Å². The minimum absolute atomic E-state index is 0.307. The van der Waals surface area contributed by atoms with E-state index in [1.807, 2.05) is 12.1 Å². The van der Waals surface area contributed by atoms with Gasteiger partial charge in [-0.3, -0.25) is 4.90 Å². The van der Waals surface area contributed by atoms with Gasteiger partial charge in [-0.15, -0.1) is 0 Å². The summed E-state index contributed by atoms with van der Waals surface area (Å²) in [6, 6.07) is 8.52. The number of aliphatic hydroxyl groups excluding tert-OH is 1. The lowest BCUT2D eigenvalue weighted by molar-refractivity contribution is 0.0943. The normalized spacial score (nSPS) is 13.0. The van der Waals surface area contributed by atoms with E-state index in [0.717, 1.165) is 0 Å². The molecule has 0 saturated heterocycles. The van der Waals surface area contributed by atoms with Gasteiger partial charge >= 0.3 is 0 Å². The van der Waals surface area contributed by atoms with E-state index < -0.39 is 0 Å². The molecular weight excluding hydrogens is 278 g/mol. The van der Waals surface area contributed by atoms with Gasteiger partial charge in [-0.05, 0) is 38.8 Å². The highest BCUT2D eigenvalue weighted by Crippen LogP contribution is 2.13. The van der Waals surface area contributed by atoms with Crippen LogP contribution in [-0.4, -0.2) is 38.8 Å². The lowest BCUT2D eigenvalue weighted by atomic mass is 10.1. The predicted octanol–water partition coefficient (Wildman–Crippen LogP) is 2.56. The van der Waals surface area contributed by atoms with Crippen LogP contribution in [0.4, 0.5) is 0 Å². The molecule has 0 aliphatic carbocycles. The number of aliphatic hydroxyl groups is 1. The third-order valence-electron chi connectivity index (χ3n) is 3.69. The fraction of sp³-hybridized carbons (Fsp3) is 0.529. The number of benzene rings is 1. The Morgan fingerprint density at radius 3 is 2.59 bits per heavy atom. The molecule has 22 heavy (non-hydrogen) atoms. The van der Waals surface area contributed by atoms with Crippen molar-refractivity contribution in [2.24, 2.45) is 0 Å². The first kappa shape index (κ1) is 16.6. The molecule has 5 heteroatoms. The van der Waals surface area contributed by atoms with Crippen LogP contribution in [0, 0.1) is 6.92 Å². The number of hydrogen-bond acceptors (Lipinski definition) is 5. The summed E-state index contributed by atoms with van der Waals surface area (Å²) in [5.74, 6) is 1.29. The SMILES string of the molecule is Cc1ccccc1Cc1noc(CN(CC(C)O)C(C)C)n1. The summed E-state index contributed by atoms with van der Waals surface area (Å²) in [4.78, 5) is 6.60. The number of rotatable bonds is 7. The van der Waals surface area contributed by atoms with Crippen molar-refractivity contribution in [3.63, 3.8) is 0 Å². The summed E-state index contributed by atoms with van der Waals surface area (Å²) in [7, 11) is 0. The van der Waals surface area contributed by atoms with Gasteiger partial charge in [0.2, 0.25) is 5.89 Å². The second-order valence-corrected chi connectivity index (χ2v) is 6.08. The Bertz CT molecular complexity index is 593. The van der Waals surface area contributed by atoms with Crippen LogP contribution in [0.1, 0.15) is 43.6 Å². The van der Waals surface area contributed by atoms with Gasteiger partial charge in [-0.1, -0.05) is 29.4 Å². The maximum absolute atomic E-state index is 9.57. The van der Waals surface area contributed by atoms with Gasteiger partial charge in [-0.25, -0.2) is 0 Å². The molecule has 1 N–H and O–H groups in total. The minimum Gasteiger partial charge on any atom is -0.392 e. The highest BCUT2D eigenvalue weighted by atomic mass is 16.5. The first-order chi connectivity index (χ1) is 10.5. The molecule has 0 aliphatic rings. The summed E-state index contributed by atoms with van der Waals surface area (Å²) < 4.78 is 5.35. The largest absolute Gasteiger partial charge is 0.392 e. The Morgan fingerprint density at radius 1 is 1.23 bits per heavy atom. The Kier molecular flexibility index (Phi) is 5.69. The Labute approximate surface area is 132 Å². The lowest BCUT2D eigenvalue weighted by Gasteiger charge is -2.25. The van der Waals surface area contributed by atoms with Gasteiger partial charge in [-0.2, -0.15) is 4.98 Å². The zero-order valence-electron chi connectivity index (χ0n) is 13.8. The smallest absolute Gasteiger partial charge is 0.240 e. The van der Waals surface area contributed by atoms with E-state index in [1.54, 1.807) is 6.92 Å². The summed E-state index contributed by atoms with van der Waals surface area (Å²) in [6.07, 6.45) is 0.297. The van der Waals surface area contributed by atoms with Crippen LogP contribution in [-0.2, 0) is 13.0 Å². The fourth-order valence-electron chi connectivity index (χ4n) is 2.38. The van der Waals surface area contributed by atoms with Crippen molar-refractivity contribution in [1.82, 2.24) is 15.0 Å². The molecule has 120 valence electrons. The van der Waals surface area contributed by atoms with Crippen LogP contribution in [0.3, 0.4) is 0 Å². The maximum atomic E-state index is 9.57. The molecule has 0 bridgehead atoms. The molecule has 1 aromatic heterocycles. The number of hydrogen-bond donors (Lipinski definition) is 1. The molecule has 1 aromatic carbocycles. The molecule has 0 radical (unpaired) electrons. The molecule has 0 aliphatic heterocycles. The second-order valence-electron chi connectivity index (χ2n) is 6.08.